The molecule has 3 rings (SSSR count). The van der Waals surface area contributed by atoms with Crippen molar-refractivity contribution in [3.8, 4) is 0 Å². The fraction of sp³-hybridized carbons (Fsp3) is 0.625. The molecule has 2 aliphatic rings. The first-order valence-corrected chi connectivity index (χ1v) is 7.65. The molecule has 2 fully saturated rings. The number of fused-ring (bicyclic) bond motifs is 2. The van der Waals surface area contributed by atoms with E-state index in [2.05, 4.69) is 30.4 Å². The summed E-state index contributed by atoms with van der Waals surface area (Å²) in [6, 6.07) is 9.52. The smallest absolute Gasteiger partial charge is 0.0409 e. The molecule has 2 saturated carbocycles. The van der Waals surface area contributed by atoms with Crippen LogP contribution >= 0.6 is 11.6 Å². The Hall–Kier alpha value is -0.530. The van der Waals surface area contributed by atoms with E-state index in [0.29, 0.717) is 6.04 Å². The molecule has 0 spiro atoms. The fourth-order valence-corrected chi connectivity index (χ4v) is 4.08. The normalized spacial score (nSPS) is 31.8. The van der Waals surface area contributed by atoms with Crippen molar-refractivity contribution in [3.63, 3.8) is 0 Å². The molecule has 2 heteroatoms. The molecule has 0 saturated heterocycles. The van der Waals surface area contributed by atoms with Crippen molar-refractivity contribution < 1.29 is 0 Å². The highest BCUT2D eigenvalue weighted by Gasteiger charge is 2.39. The van der Waals surface area contributed by atoms with Crippen molar-refractivity contribution in [2.24, 2.45) is 11.8 Å². The maximum absolute atomic E-state index is 6.10. The second kappa shape index (κ2) is 5.22. The van der Waals surface area contributed by atoms with Gasteiger partial charge in [0.15, 0.2) is 0 Å². The van der Waals surface area contributed by atoms with Crippen LogP contribution < -0.4 is 5.32 Å². The number of rotatable bonds is 4. The van der Waals surface area contributed by atoms with Gasteiger partial charge in [-0.15, -0.1) is 0 Å². The molecule has 0 aromatic heterocycles. The van der Waals surface area contributed by atoms with Crippen LogP contribution in [0, 0.1) is 11.8 Å². The van der Waals surface area contributed by atoms with Gasteiger partial charge in [-0.2, -0.15) is 0 Å². The second-order valence-corrected chi connectivity index (χ2v) is 6.40. The van der Waals surface area contributed by atoms with Crippen LogP contribution in [0.4, 0.5) is 0 Å². The van der Waals surface area contributed by atoms with Crippen molar-refractivity contribution >= 4 is 11.6 Å². The number of hydrogen-bond acceptors (Lipinski definition) is 1. The maximum Gasteiger partial charge on any atom is 0.0409 e. The molecule has 0 amide bonds. The SMILES string of the molecule is CCC(NC1CC2CCC1C2)c1cccc(Cl)c1. The summed E-state index contributed by atoms with van der Waals surface area (Å²) >= 11 is 6.10. The van der Waals surface area contributed by atoms with Crippen molar-refractivity contribution in [3.05, 3.63) is 34.9 Å². The van der Waals surface area contributed by atoms with Crippen LogP contribution in [-0.4, -0.2) is 6.04 Å². The average Bonchev–Trinajstić information content (AvgIpc) is 2.98. The van der Waals surface area contributed by atoms with Gasteiger partial charge in [-0.1, -0.05) is 37.1 Å². The van der Waals surface area contributed by atoms with Gasteiger partial charge in [-0.3, -0.25) is 0 Å². The van der Waals surface area contributed by atoms with E-state index in [9.17, 15) is 0 Å². The molecular weight excluding hydrogens is 242 g/mol. The summed E-state index contributed by atoms with van der Waals surface area (Å²) < 4.78 is 0. The molecule has 1 nitrogen and oxygen atoms in total. The van der Waals surface area contributed by atoms with Gasteiger partial charge >= 0.3 is 0 Å². The quantitative estimate of drug-likeness (QED) is 0.839. The number of nitrogens with one attached hydrogen (secondary N) is 1. The van der Waals surface area contributed by atoms with Crippen molar-refractivity contribution in [2.45, 2.75) is 51.1 Å². The first kappa shape index (κ1) is 12.5. The van der Waals surface area contributed by atoms with E-state index >= 15 is 0 Å². The molecule has 0 heterocycles. The molecule has 0 aliphatic heterocycles. The van der Waals surface area contributed by atoms with E-state index in [1.807, 2.05) is 6.07 Å². The zero-order valence-corrected chi connectivity index (χ0v) is 11.8. The second-order valence-electron chi connectivity index (χ2n) is 5.96. The first-order chi connectivity index (χ1) is 8.76. The highest BCUT2D eigenvalue weighted by molar-refractivity contribution is 6.30. The lowest BCUT2D eigenvalue weighted by Crippen LogP contribution is -2.36. The van der Waals surface area contributed by atoms with Gasteiger partial charge in [0.05, 0.1) is 0 Å². The van der Waals surface area contributed by atoms with Crippen LogP contribution in [-0.2, 0) is 0 Å². The Labute approximate surface area is 115 Å². The Bertz CT molecular complexity index is 417. The summed E-state index contributed by atoms with van der Waals surface area (Å²) in [6.45, 7) is 2.26. The predicted molar refractivity (Wildman–Crippen MR) is 76.9 cm³/mol. The third-order valence-electron chi connectivity index (χ3n) is 4.81. The maximum atomic E-state index is 6.10. The largest absolute Gasteiger partial charge is 0.307 e. The Kier molecular flexibility index (Phi) is 3.63. The van der Waals surface area contributed by atoms with E-state index in [0.717, 1.165) is 29.3 Å². The lowest BCUT2D eigenvalue weighted by atomic mass is 9.93. The molecule has 1 aromatic rings. The minimum atomic E-state index is 0.466. The average molecular weight is 264 g/mol. The van der Waals surface area contributed by atoms with Crippen molar-refractivity contribution in [2.75, 3.05) is 0 Å². The lowest BCUT2D eigenvalue weighted by Gasteiger charge is -2.28. The van der Waals surface area contributed by atoms with Gasteiger partial charge in [-0.05, 0) is 55.2 Å². The first-order valence-electron chi connectivity index (χ1n) is 7.27. The minimum Gasteiger partial charge on any atom is -0.307 e. The van der Waals surface area contributed by atoms with Crippen LogP contribution in [0.15, 0.2) is 24.3 Å². The number of hydrogen-bond donors (Lipinski definition) is 1. The van der Waals surface area contributed by atoms with E-state index in [-0.39, 0.29) is 0 Å². The third kappa shape index (κ3) is 2.44. The van der Waals surface area contributed by atoms with Gasteiger partial charge in [-0.25, -0.2) is 0 Å². The highest BCUT2D eigenvalue weighted by atomic mass is 35.5. The molecule has 1 aromatic carbocycles. The van der Waals surface area contributed by atoms with Crippen LogP contribution in [0.5, 0.6) is 0 Å². The molecule has 2 aliphatic carbocycles. The summed E-state index contributed by atoms with van der Waals surface area (Å²) in [5, 5.41) is 4.73. The molecule has 1 N–H and O–H groups in total. The summed E-state index contributed by atoms with van der Waals surface area (Å²) in [6.07, 6.45) is 6.89. The number of benzene rings is 1. The highest BCUT2D eigenvalue weighted by Crippen LogP contribution is 2.45. The summed E-state index contributed by atoms with van der Waals surface area (Å²) in [7, 11) is 0. The molecule has 0 radical (unpaired) electrons. The summed E-state index contributed by atoms with van der Waals surface area (Å²) in [4.78, 5) is 0. The number of halogens is 1. The van der Waals surface area contributed by atoms with Gasteiger partial charge < -0.3 is 5.32 Å². The molecule has 4 unspecified atom stereocenters. The molecule has 98 valence electrons. The van der Waals surface area contributed by atoms with Gasteiger partial charge in [0.1, 0.15) is 0 Å². The zero-order chi connectivity index (χ0) is 12.5. The van der Waals surface area contributed by atoms with E-state index < -0.39 is 0 Å². The van der Waals surface area contributed by atoms with Crippen molar-refractivity contribution in [1.82, 2.24) is 5.32 Å². The van der Waals surface area contributed by atoms with E-state index in [4.69, 9.17) is 11.6 Å². The van der Waals surface area contributed by atoms with E-state index in [1.165, 1.54) is 31.2 Å². The van der Waals surface area contributed by atoms with Crippen LogP contribution in [0.1, 0.15) is 50.6 Å². The van der Waals surface area contributed by atoms with Crippen molar-refractivity contribution in [1.29, 1.82) is 0 Å². The molecule has 4 atom stereocenters. The predicted octanol–water partition coefficient (Wildman–Crippen LogP) is 4.57. The summed E-state index contributed by atoms with van der Waals surface area (Å²) in [5.74, 6) is 1.94. The fourth-order valence-electron chi connectivity index (χ4n) is 3.88. The van der Waals surface area contributed by atoms with Crippen LogP contribution in [0.2, 0.25) is 5.02 Å². The Morgan fingerprint density at radius 3 is 2.83 bits per heavy atom. The minimum absolute atomic E-state index is 0.466. The Morgan fingerprint density at radius 2 is 2.22 bits per heavy atom. The van der Waals surface area contributed by atoms with Gasteiger partial charge in [0.25, 0.3) is 0 Å². The Balaban J connectivity index is 1.69. The molecule has 2 bridgehead atoms. The van der Waals surface area contributed by atoms with Gasteiger partial charge in [0, 0.05) is 17.1 Å². The molecule has 18 heavy (non-hydrogen) atoms. The monoisotopic (exact) mass is 263 g/mol. The Morgan fingerprint density at radius 1 is 1.33 bits per heavy atom. The summed E-state index contributed by atoms with van der Waals surface area (Å²) in [5.41, 5.74) is 1.34. The van der Waals surface area contributed by atoms with Gasteiger partial charge in [0.2, 0.25) is 0 Å². The topological polar surface area (TPSA) is 12.0 Å². The third-order valence-corrected chi connectivity index (χ3v) is 5.05. The van der Waals surface area contributed by atoms with Crippen LogP contribution in [0.25, 0.3) is 0 Å². The van der Waals surface area contributed by atoms with Crippen LogP contribution in [0.3, 0.4) is 0 Å². The zero-order valence-electron chi connectivity index (χ0n) is 11.0. The molecular formula is C16H22ClN. The lowest BCUT2D eigenvalue weighted by molar-refractivity contribution is 0.315. The standard InChI is InChI=1S/C16H22ClN/c1-2-15(12-4-3-5-14(17)10-12)18-16-9-11-6-7-13(16)8-11/h3-5,10-11,13,15-16,18H,2,6-9H2,1H3. The van der Waals surface area contributed by atoms with E-state index in [1.54, 1.807) is 0 Å².